The Morgan fingerprint density at radius 3 is 2.52 bits per heavy atom. The summed E-state index contributed by atoms with van der Waals surface area (Å²) in [6, 6.07) is 18.5. The van der Waals surface area contributed by atoms with Crippen LogP contribution in [0.1, 0.15) is 11.3 Å². The number of nitrogens with zero attached hydrogens (tertiary/aromatic N) is 2. The molecule has 2 aromatic carbocycles. The van der Waals surface area contributed by atoms with E-state index in [0.29, 0.717) is 11.6 Å². The number of aromatic nitrogens is 2. The Morgan fingerprint density at radius 1 is 1.04 bits per heavy atom. The highest BCUT2D eigenvalue weighted by atomic mass is 16.5. The monoisotopic (exact) mass is 331 g/mol. The molecule has 0 aliphatic carbocycles. The van der Waals surface area contributed by atoms with Crippen molar-refractivity contribution in [2.45, 2.75) is 6.92 Å². The number of ether oxygens (including phenoxy) is 1. The van der Waals surface area contributed by atoms with E-state index >= 15 is 0 Å². The summed E-state index contributed by atoms with van der Waals surface area (Å²) in [4.78, 5) is 20.1. The van der Waals surface area contributed by atoms with E-state index in [2.05, 4.69) is 15.3 Å². The first-order valence-electron chi connectivity index (χ1n) is 7.80. The Bertz CT molecular complexity index is 875. The minimum Gasteiger partial charge on any atom is -0.423 e. The van der Waals surface area contributed by atoms with Crippen molar-refractivity contribution >= 4 is 23.6 Å². The molecule has 0 spiro atoms. The van der Waals surface area contributed by atoms with Crippen LogP contribution in [0.2, 0.25) is 0 Å². The van der Waals surface area contributed by atoms with E-state index in [-0.39, 0.29) is 0 Å². The van der Waals surface area contributed by atoms with E-state index in [0.717, 1.165) is 16.9 Å². The summed E-state index contributed by atoms with van der Waals surface area (Å²) in [5.74, 6) is 0.770. The molecule has 3 rings (SSSR count). The molecule has 0 amide bonds. The van der Waals surface area contributed by atoms with Gasteiger partial charge in [-0.1, -0.05) is 30.3 Å². The van der Waals surface area contributed by atoms with Crippen molar-refractivity contribution in [1.82, 2.24) is 9.97 Å². The number of benzene rings is 2. The predicted molar refractivity (Wildman–Crippen MR) is 97.6 cm³/mol. The van der Waals surface area contributed by atoms with Gasteiger partial charge in [-0.05, 0) is 42.8 Å². The number of hydrogen-bond acceptors (Lipinski definition) is 5. The van der Waals surface area contributed by atoms with Crippen LogP contribution in [-0.4, -0.2) is 15.9 Å². The van der Waals surface area contributed by atoms with E-state index in [9.17, 15) is 4.79 Å². The van der Waals surface area contributed by atoms with Gasteiger partial charge in [0.05, 0.1) is 0 Å². The largest absolute Gasteiger partial charge is 0.423 e. The summed E-state index contributed by atoms with van der Waals surface area (Å²) in [6.07, 6.45) is 4.63. The quantitative estimate of drug-likeness (QED) is 0.432. The highest BCUT2D eigenvalue weighted by Crippen LogP contribution is 2.19. The van der Waals surface area contributed by atoms with Gasteiger partial charge >= 0.3 is 5.97 Å². The zero-order chi connectivity index (χ0) is 17.5. The van der Waals surface area contributed by atoms with Gasteiger partial charge in [-0.15, -0.1) is 0 Å². The highest BCUT2D eigenvalue weighted by molar-refractivity contribution is 5.88. The van der Waals surface area contributed by atoms with Crippen LogP contribution >= 0.6 is 0 Å². The fraction of sp³-hybridized carbons (Fsp3) is 0.0500. The highest BCUT2D eigenvalue weighted by Gasteiger charge is 2.02. The lowest BCUT2D eigenvalue weighted by atomic mass is 10.2. The van der Waals surface area contributed by atoms with E-state index in [1.54, 1.807) is 18.2 Å². The molecule has 0 saturated heterocycles. The smallest absolute Gasteiger partial charge is 0.336 e. The molecule has 0 atom stereocenters. The lowest BCUT2D eigenvalue weighted by molar-refractivity contribution is -0.128. The van der Waals surface area contributed by atoms with Crippen LogP contribution in [0.5, 0.6) is 5.75 Å². The Hall–Kier alpha value is -3.47. The van der Waals surface area contributed by atoms with Crippen LogP contribution in [0.4, 0.5) is 11.5 Å². The molecule has 0 fully saturated rings. The Morgan fingerprint density at radius 2 is 1.80 bits per heavy atom. The van der Waals surface area contributed by atoms with Gasteiger partial charge in [0.1, 0.15) is 17.9 Å². The van der Waals surface area contributed by atoms with E-state index in [1.807, 2.05) is 55.5 Å². The second-order valence-corrected chi connectivity index (χ2v) is 5.36. The molecule has 1 heterocycles. The molecule has 0 bridgehead atoms. The molecule has 0 saturated carbocycles. The Balaban J connectivity index is 1.59. The van der Waals surface area contributed by atoms with Gasteiger partial charge in [0.2, 0.25) is 0 Å². The van der Waals surface area contributed by atoms with Gasteiger partial charge in [-0.3, -0.25) is 0 Å². The summed E-state index contributed by atoms with van der Waals surface area (Å²) in [5, 5.41) is 3.17. The Labute approximate surface area is 146 Å². The predicted octanol–water partition coefficient (Wildman–Crippen LogP) is 4.15. The van der Waals surface area contributed by atoms with Crippen LogP contribution in [0.25, 0.3) is 6.08 Å². The molecule has 0 aliphatic rings. The molecular weight excluding hydrogens is 314 g/mol. The van der Waals surface area contributed by atoms with Crippen molar-refractivity contribution in [3.05, 3.63) is 84.3 Å². The zero-order valence-corrected chi connectivity index (χ0v) is 13.7. The summed E-state index contributed by atoms with van der Waals surface area (Å²) in [6.45, 7) is 1.90. The van der Waals surface area contributed by atoms with Crippen molar-refractivity contribution in [3.8, 4) is 5.75 Å². The normalized spacial score (nSPS) is 10.6. The summed E-state index contributed by atoms with van der Waals surface area (Å²) < 4.78 is 5.28. The molecule has 1 aromatic heterocycles. The third-order valence-corrected chi connectivity index (χ3v) is 3.36. The summed E-state index contributed by atoms with van der Waals surface area (Å²) in [5.41, 5.74) is 2.67. The molecule has 25 heavy (non-hydrogen) atoms. The number of anilines is 2. The van der Waals surface area contributed by atoms with Crippen molar-refractivity contribution < 1.29 is 9.53 Å². The second kappa shape index (κ2) is 7.88. The van der Waals surface area contributed by atoms with Gasteiger partial charge in [-0.2, -0.15) is 0 Å². The van der Waals surface area contributed by atoms with E-state index < -0.39 is 5.97 Å². The van der Waals surface area contributed by atoms with Crippen LogP contribution in [-0.2, 0) is 4.79 Å². The second-order valence-electron chi connectivity index (χ2n) is 5.36. The third-order valence-electron chi connectivity index (χ3n) is 3.36. The van der Waals surface area contributed by atoms with Crippen LogP contribution in [0.15, 0.2) is 73.1 Å². The fourth-order valence-corrected chi connectivity index (χ4v) is 2.16. The molecule has 0 unspecified atom stereocenters. The van der Waals surface area contributed by atoms with Gasteiger partial charge in [0, 0.05) is 23.5 Å². The minimum atomic E-state index is -0.420. The summed E-state index contributed by atoms with van der Waals surface area (Å²) in [7, 11) is 0. The van der Waals surface area contributed by atoms with Crippen molar-refractivity contribution in [3.63, 3.8) is 0 Å². The van der Waals surface area contributed by atoms with E-state index in [1.165, 1.54) is 12.4 Å². The first-order valence-corrected chi connectivity index (χ1v) is 7.80. The maximum atomic E-state index is 11.9. The fourth-order valence-electron chi connectivity index (χ4n) is 2.16. The number of esters is 1. The van der Waals surface area contributed by atoms with Crippen LogP contribution < -0.4 is 10.1 Å². The number of nitrogens with one attached hydrogen (secondary N) is 1. The van der Waals surface area contributed by atoms with Crippen LogP contribution in [0, 0.1) is 6.92 Å². The van der Waals surface area contributed by atoms with Gasteiger partial charge < -0.3 is 10.1 Å². The molecule has 0 radical (unpaired) electrons. The maximum absolute atomic E-state index is 11.9. The van der Waals surface area contributed by atoms with Gasteiger partial charge in [0.25, 0.3) is 0 Å². The lowest BCUT2D eigenvalue weighted by Crippen LogP contribution is -2.03. The first-order chi connectivity index (χ1) is 12.2. The molecule has 124 valence electrons. The lowest BCUT2D eigenvalue weighted by Gasteiger charge is -2.07. The average molecular weight is 331 g/mol. The molecule has 1 N–H and O–H groups in total. The Kier molecular flexibility index (Phi) is 5.16. The van der Waals surface area contributed by atoms with Gasteiger partial charge in [-0.25, -0.2) is 14.8 Å². The SMILES string of the molecule is Cc1cc(Nc2ccc(OC(=O)/C=C/c3ccccc3)cc2)ncn1. The number of carbonyl (C=O) groups excluding carboxylic acids is 1. The summed E-state index contributed by atoms with van der Waals surface area (Å²) >= 11 is 0. The average Bonchev–Trinajstić information content (AvgIpc) is 2.63. The van der Waals surface area contributed by atoms with Crippen molar-refractivity contribution in [2.24, 2.45) is 0 Å². The van der Waals surface area contributed by atoms with Gasteiger partial charge in [0.15, 0.2) is 0 Å². The minimum absolute atomic E-state index is 0.420. The molecular formula is C20H17N3O2. The number of aryl methyl sites for hydroxylation is 1. The number of rotatable bonds is 5. The number of carbonyl (C=O) groups is 1. The standard InChI is InChI=1S/C20H17N3O2/c1-15-13-19(22-14-21-15)23-17-8-10-18(11-9-17)25-20(24)12-7-16-5-3-2-4-6-16/h2-14H,1H3,(H,21,22,23)/b12-7+. The molecule has 0 aliphatic heterocycles. The topological polar surface area (TPSA) is 64.1 Å². The van der Waals surface area contributed by atoms with E-state index in [4.69, 9.17) is 4.74 Å². The molecule has 5 heteroatoms. The number of hydrogen-bond donors (Lipinski definition) is 1. The zero-order valence-electron chi connectivity index (χ0n) is 13.7. The van der Waals surface area contributed by atoms with Crippen molar-refractivity contribution in [2.75, 3.05) is 5.32 Å². The third kappa shape index (κ3) is 5.00. The first kappa shape index (κ1) is 16.4. The molecule has 5 nitrogen and oxygen atoms in total. The van der Waals surface area contributed by atoms with Crippen LogP contribution in [0.3, 0.4) is 0 Å². The van der Waals surface area contributed by atoms with Crippen molar-refractivity contribution in [1.29, 1.82) is 0 Å². The maximum Gasteiger partial charge on any atom is 0.336 e. The molecule has 3 aromatic rings.